The second kappa shape index (κ2) is 11.8. The Morgan fingerprint density at radius 1 is 1.18 bits per heavy atom. The Morgan fingerprint density at radius 2 is 1.93 bits per heavy atom. The molecule has 2 fully saturated rings. The number of carboxylic acid groups (broad SMARTS) is 1. The number of halogens is 2. The molecule has 1 aliphatic carbocycles. The molecule has 44 heavy (non-hydrogen) atoms. The number of hydrogen-bond donors (Lipinski definition) is 2. The fourth-order valence-electron chi connectivity index (χ4n) is 6.01. The summed E-state index contributed by atoms with van der Waals surface area (Å²) in [4.78, 5) is 49.3. The quantitative estimate of drug-likeness (QED) is 0.471. The summed E-state index contributed by atoms with van der Waals surface area (Å²) in [6, 6.07) is 2.18. The van der Waals surface area contributed by atoms with Gasteiger partial charge in [-0.3, -0.25) is 4.79 Å². The Bertz CT molecular complexity index is 1480. The molecule has 5 rings (SSSR count). The number of allylic oxidation sites excluding steroid dienone is 2. The number of aliphatic carboxylic acids is 1. The van der Waals surface area contributed by atoms with Gasteiger partial charge in [-0.15, -0.1) is 0 Å². The molecular formula is C31H38F2N4O7. The summed E-state index contributed by atoms with van der Waals surface area (Å²) in [5.41, 5.74) is -1.09. The number of nitrogens with one attached hydrogen (secondary N) is 1. The van der Waals surface area contributed by atoms with Crippen molar-refractivity contribution in [2.75, 3.05) is 13.7 Å². The van der Waals surface area contributed by atoms with E-state index in [4.69, 9.17) is 14.2 Å². The van der Waals surface area contributed by atoms with Crippen LogP contribution in [0.4, 0.5) is 13.6 Å². The van der Waals surface area contributed by atoms with Crippen molar-refractivity contribution in [2.45, 2.75) is 83.6 Å². The predicted molar refractivity (Wildman–Crippen MR) is 154 cm³/mol. The van der Waals surface area contributed by atoms with Crippen LogP contribution in [0.25, 0.3) is 11.0 Å². The lowest BCUT2D eigenvalue weighted by atomic mass is 9.85. The second-order valence-electron chi connectivity index (χ2n) is 12.7. The zero-order valence-corrected chi connectivity index (χ0v) is 25.4. The van der Waals surface area contributed by atoms with Gasteiger partial charge in [0.15, 0.2) is 5.69 Å². The van der Waals surface area contributed by atoms with Crippen LogP contribution in [0.2, 0.25) is 0 Å². The number of ether oxygens (including phenoxy) is 3. The molecule has 6 unspecified atom stereocenters. The van der Waals surface area contributed by atoms with Crippen LogP contribution < -0.4 is 14.8 Å². The maximum atomic E-state index is 15.8. The summed E-state index contributed by atoms with van der Waals surface area (Å²) in [7, 11) is 1.46. The SMILES string of the molecule is CCC1C2CN(C(=O)C(C(C)(C)C)NC(=O)OC3CC3CCC=CC(F)(F)c3nc4ccc(OC)cc4nc3O2)C1C(=O)O. The molecule has 2 bridgehead atoms. The number of alkyl carbamates (subject to hydrolysis) is 1. The van der Waals surface area contributed by atoms with Crippen LogP contribution in [0.3, 0.4) is 0 Å². The molecule has 2 amide bonds. The number of hydrogen-bond acceptors (Lipinski definition) is 8. The fraction of sp³-hybridized carbons (Fsp3) is 0.581. The van der Waals surface area contributed by atoms with E-state index < -0.39 is 71.1 Å². The zero-order valence-electron chi connectivity index (χ0n) is 25.4. The summed E-state index contributed by atoms with van der Waals surface area (Å²) in [6.07, 6.45) is 1.59. The Hall–Kier alpha value is -4.03. The maximum absolute atomic E-state index is 15.8. The predicted octanol–water partition coefficient (Wildman–Crippen LogP) is 4.68. The van der Waals surface area contributed by atoms with E-state index in [1.54, 1.807) is 33.8 Å². The Morgan fingerprint density at radius 3 is 2.59 bits per heavy atom. The van der Waals surface area contributed by atoms with Gasteiger partial charge in [-0.25, -0.2) is 19.6 Å². The molecule has 1 saturated carbocycles. The number of carboxylic acids is 1. The van der Waals surface area contributed by atoms with Gasteiger partial charge in [0.05, 0.1) is 24.7 Å². The summed E-state index contributed by atoms with van der Waals surface area (Å²) >= 11 is 0. The van der Waals surface area contributed by atoms with Crippen LogP contribution >= 0.6 is 0 Å². The van der Waals surface area contributed by atoms with E-state index in [0.717, 1.165) is 11.0 Å². The van der Waals surface area contributed by atoms with Gasteiger partial charge in [-0.1, -0.05) is 33.8 Å². The highest BCUT2D eigenvalue weighted by Gasteiger charge is 2.52. The van der Waals surface area contributed by atoms with E-state index in [2.05, 4.69) is 15.3 Å². The fourth-order valence-corrected chi connectivity index (χ4v) is 6.01. The van der Waals surface area contributed by atoms with Crippen LogP contribution in [-0.4, -0.2) is 75.9 Å². The van der Waals surface area contributed by atoms with Crippen LogP contribution in [0.1, 0.15) is 59.1 Å². The van der Waals surface area contributed by atoms with Gasteiger partial charge < -0.3 is 29.5 Å². The number of nitrogens with zero attached hydrogens (tertiary/aromatic N) is 3. The van der Waals surface area contributed by atoms with Crippen LogP contribution in [0.15, 0.2) is 30.4 Å². The molecule has 0 radical (unpaired) electrons. The number of methoxy groups -OCH3 is 1. The smallest absolute Gasteiger partial charge is 0.408 e. The summed E-state index contributed by atoms with van der Waals surface area (Å²) in [5, 5.41) is 12.9. The molecule has 2 N–H and O–H groups in total. The monoisotopic (exact) mass is 616 g/mol. The molecule has 2 aliphatic heterocycles. The third kappa shape index (κ3) is 6.27. The standard InChI is InChI=1S/C31H38F2N4O7/c1-6-18-22-15-37(23(18)28(39)40)27(38)25(30(2,3)4)36-29(41)44-21-13-16(21)9-7-8-12-31(32,33)24-26(43-22)35-20-14-17(42-5)10-11-19(20)34-24/h8,10-12,14,16,18,21-23,25H,6-7,9,13,15H2,1-5H3,(H,36,41)(H,39,40). The molecule has 1 aromatic carbocycles. The first-order valence-corrected chi connectivity index (χ1v) is 14.8. The molecular weight excluding hydrogens is 578 g/mol. The van der Waals surface area contributed by atoms with Crippen molar-refractivity contribution >= 4 is 29.0 Å². The van der Waals surface area contributed by atoms with E-state index in [1.807, 2.05) is 0 Å². The Labute approximate surface area is 253 Å². The second-order valence-corrected chi connectivity index (χ2v) is 12.7. The van der Waals surface area contributed by atoms with E-state index in [9.17, 15) is 19.5 Å². The summed E-state index contributed by atoms with van der Waals surface area (Å²) in [6.45, 7) is 6.75. The summed E-state index contributed by atoms with van der Waals surface area (Å²) < 4.78 is 48.5. The molecule has 3 heterocycles. The molecule has 2 aromatic rings. The minimum atomic E-state index is -3.58. The van der Waals surface area contributed by atoms with Gasteiger partial charge in [0, 0.05) is 12.0 Å². The lowest BCUT2D eigenvalue weighted by Crippen LogP contribution is -2.57. The van der Waals surface area contributed by atoms with E-state index >= 15 is 8.78 Å². The van der Waals surface area contributed by atoms with Crippen molar-refractivity contribution in [1.82, 2.24) is 20.2 Å². The van der Waals surface area contributed by atoms with E-state index in [1.165, 1.54) is 25.3 Å². The minimum Gasteiger partial charge on any atom is -0.497 e. The van der Waals surface area contributed by atoms with Crippen LogP contribution in [0.5, 0.6) is 11.6 Å². The average molecular weight is 617 g/mol. The molecule has 11 nitrogen and oxygen atoms in total. The molecule has 13 heteroatoms. The number of alkyl halides is 2. The van der Waals surface area contributed by atoms with Gasteiger partial charge in [-0.05, 0) is 55.2 Å². The lowest BCUT2D eigenvalue weighted by molar-refractivity contribution is -0.151. The number of amides is 2. The number of aromatic nitrogens is 2. The molecule has 1 saturated heterocycles. The lowest BCUT2D eigenvalue weighted by Gasteiger charge is -2.34. The molecule has 1 aromatic heterocycles. The highest BCUT2D eigenvalue weighted by molar-refractivity contribution is 5.90. The zero-order chi connectivity index (χ0) is 32.0. The number of benzene rings is 1. The van der Waals surface area contributed by atoms with Crippen molar-refractivity contribution in [1.29, 1.82) is 0 Å². The average Bonchev–Trinajstić information content (AvgIpc) is 3.58. The van der Waals surface area contributed by atoms with Gasteiger partial charge in [0.1, 0.15) is 30.0 Å². The third-order valence-corrected chi connectivity index (χ3v) is 8.54. The van der Waals surface area contributed by atoms with Crippen molar-refractivity contribution < 1.29 is 42.5 Å². The van der Waals surface area contributed by atoms with E-state index in [0.29, 0.717) is 25.0 Å². The third-order valence-electron chi connectivity index (χ3n) is 8.54. The topological polar surface area (TPSA) is 140 Å². The van der Waals surface area contributed by atoms with Crippen molar-refractivity contribution in [3.8, 4) is 11.6 Å². The maximum Gasteiger partial charge on any atom is 0.408 e. The number of rotatable bonds is 3. The van der Waals surface area contributed by atoms with Crippen molar-refractivity contribution in [3.05, 3.63) is 36.0 Å². The van der Waals surface area contributed by atoms with Crippen molar-refractivity contribution in [3.63, 3.8) is 0 Å². The van der Waals surface area contributed by atoms with Crippen LogP contribution in [-0.2, 0) is 20.2 Å². The van der Waals surface area contributed by atoms with Gasteiger partial charge in [0.25, 0.3) is 0 Å². The first kappa shape index (κ1) is 31.4. The minimum absolute atomic E-state index is 0.00271. The largest absolute Gasteiger partial charge is 0.497 e. The molecule has 3 aliphatic rings. The normalized spacial score (nSPS) is 28.9. The summed E-state index contributed by atoms with van der Waals surface area (Å²) in [5.74, 6) is -6.30. The van der Waals surface area contributed by atoms with Gasteiger partial charge in [-0.2, -0.15) is 8.78 Å². The number of fused-ring (bicyclic) bond motifs is 5. The van der Waals surface area contributed by atoms with E-state index in [-0.39, 0.29) is 29.9 Å². The highest BCUT2D eigenvalue weighted by Crippen LogP contribution is 2.41. The number of carbonyl (C=O) groups is 3. The molecule has 6 atom stereocenters. The Balaban J connectivity index is 1.61. The highest BCUT2D eigenvalue weighted by atomic mass is 19.3. The Kier molecular flexibility index (Phi) is 8.43. The first-order valence-electron chi connectivity index (χ1n) is 14.8. The van der Waals surface area contributed by atoms with Crippen LogP contribution in [0, 0.1) is 17.3 Å². The molecule has 238 valence electrons. The first-order chi connectivity index (χ1) is 20.7. The molecule has 0 spiro atoms. The van der Waals surface area contributed by atoms with Gasteiger partial charge >= 0.3 is 18.0 Å². The number of carbonyl (C=O) groups excluding carboxylic acids is 2. The van der Waals surface area contributed by atoms with Crippen molar-refractivity contribution in [2.24, 2.45) is 17.3 Å². The van der Waals surface area contributed by atoms with Gasteiger partial charge in [0.2, 0.25) is 11.8 Å².